The van der Waals surface area contributed by atoms with E-state index in [1.165, 1.54) is 18.2 Å². The van der Waals surface area contributed by atoms with E-state index in [1.807, 2.05) is 13.8 Å². The summed E-state index contributed by atoms with van der Waals surface area (Å²) in [4.78, 5) is 1.79. The van der Waals surface area contributed by atoms with Crippen LogP contribution in [0.4, 0.5) is 18.9 Å². The van der Waals surface area contributed by atoms with Gasteiger partial charge in [0.25, 0.3) is 0 Å². The van der Waals surface area contributed by atoms with E-state index in [1.54, 1.807) is 11.0 Å². The largest absolute Gasteiger partial charge is 0.419 e. The first-order chi connectivity index (χ1) is 9.52. The van der Waals surface area contributed by atoms with Crippen molar-refractivity contribution in [2.45, 2.75) is 45.8 Å². The molecule has 0 unspecified atom stereocenters. The normalized spacial score (nSPS) is 20.4. The van der Waals surface area contributed by atoms with Crippen molar-refractivity contribution in [3.05, 3.63) is 29.3 Å². The number of nitriles is 1. The number of alkyl halides is 3. The van der Waals surface area contributed by atoms with E-state index in [0.29, 0.717) is 6.54 Å². The number of rotatable bonds is 1. The molecule has 2 rings (SSSR count). The molecular weight excluding hydrogens is 277 g/mol. The van der Waals surface area contributed by atoms with Crippen molar-refractivity contribution in [3.63, 3.8) is 0 Å². The smallest absolute Gasteiger partial charge is 0.365 e. The standard InChI is InChI=1S/C16H19F3N2/c1-14(2)8-9-21(15(14,3)4)12-7-5-6-11(10-20)13(12)16(17,18)19/h5-7H,8-9H2,1-4H3. The van der Waals surface area contributed by atoms with Gasteiger partial charge >= 0.3 is 6.18 Å². The maximum Gasteiger partial charge on any atom is 0.419 e. The highest BCUT2D eigenvalue weighted by Crippen LogP contribution is 2.49. The SMILES string of the molecule is CC1(C)CCN(c2cccc(C#N)c2C(F)(F)F)C1(C)C. The van der Waals surface area contributed by atoms with Gasteiger partial charge in [0.05, 0.1) is 22.9 Å². The van der Waals surface area contributed by atoms with E-state index < -0.39 is 17.3 Å². The van der Waals surface area contributed by atoms with Crippen LogP contribution in [0, 0.1) is 16.7 Å². The van der Waals surface area contributed by atoms with Crippen LogP contribution in [0.15, 0.2) is 18.2 Å². The monoisotopic (exact) mass is 296 g/mol. The average Bonchev–Trinajstić information content (AvgIpc) is 2.57. The van der Waals surface area contributed by atoms with Crippen LogP contribution in [0.25, 0.3) is 0 Å². The summed E-state index contributed by atoms with van der Waals surface area (Å²) in [5.74, 6) is 0. The van der Waals surface area contributed by atoms with Crippen LogP contribution in [0.5, 0.6) is 0 Å². The van der Waals surface area contributed by atoms with E-state index in [9.17, 15) is 13.2 Å². The van der Waals surface area contributed by atoms with Crippen LogP contribution in [0.3, 0.4) is 0 Å². The van der Waals surface area contributed by atoms with Crippen molar-refractivity contribution in [2.24, 2.45) is 5.41 Å². The lowest BCUT2D eigenvalue weighted by atomic mass is 9.75. The van der Waals surface area contributed by atoms with Gasteiger partial charge in [0, 0.05) is 12.1 Å². The summed E-state index contributed by atoms with van der Waals surface area (Å²) < 4.78 is 40.2. The molecule has 1 heterocycles. The highest BCUT2D eigenvalue weighted by Gasteiger charge is 2.49. The minimum Gasteiger partial charge on any atom is -0.365 e. The molecule has 0 aromatic heterocycles. The van der Waals surface area contributed by atoms with Crippen LogP contribution < -0.4 is 4.90 Å². The van der Waals surface area contributed by atoms with Gasteiger partial charge in [-0.3, -0.25) is 0 Å². The zero-order valence-electron chi connectivity index (χ0n) is 12.7. The lowest BCUT2D eigenvalue weighted by Gasteiger charge is -2.43. The van der Waals surface area contributed by atoms with E-state index >= 15 is 0 Å². The van der Waals surface area contributed by atoms with E-state index in [-0.39, 0.29) is 16.7 Å². The van der Waals surface area contributed by atoms with Crippen molar-refractivity contribution in [2.75, 3.05) is 11.4 Å². The summed E-state index contributed by atoms with van der Waals surface area (Å²) >= 11 is 0. The van der Waals surface area contributed by atoms with Crippen molar-refractivity contribution >= 4 is 5.69 Å². The summed E-state index contributed by atoms with van der Waals surface area (Å²) in [7, 11) is 0. The number of benzene rings is 1. The first kappa shape index (κ1) is 15.7. The summed E-state index contributed by atoms with van der Waals surface area (Å²) in [6.45, 7) is 8.60. The van der Waals surface area contributed by atoms with Gasteiger partial charge in [-0.25, -0.2) is 0 Å². The van der Waals surface area contributed by atoms with Gasteiger partial charge in [-0.1, -0.05) is 19.9 Å². The van der Waals surface area contributed by atoms with Gasteiger partial charge in [-0.05, 0) is 37.8 Å². The van der Waals surface area contributed by atoms with Gasteiger partial charge in [0.1, 0.15) is 0 Å². The lowest BCUT2D eigenvalue weighted by Crippen LogP contribution is -2.47. The third kappa shape index (κ3) is 2.37. The van der Waals surface area contributed by atoms with Crippen LogP contribution in [0.1, 0.15) is 45.2 Å². The van der Waals surface area contributed by atoms with Crippen LogP contribution in [-0.2, 0) is 6.18 Å². The molecule has 114 valence electrons. The fraction of sp³-hybridized carbons (Fsp3) is 0.562. The highest BCUT2D eigenvalue weighted by atomic mass is 19.4. The molecule has 0 atom stereocenters. The van der Waals surface area contributed by atoms with Gasteiger partial charge in [-0.15, -0.1) is 0 Å². The predicted molar refractivity (Wildman–Crippen MR) is 76.0 cm³/mol. The maximum atomic E-state index is 13.4. The first-order valence-corrected chi connectivity index (χ1v) is 6.90. The highest BCUT2D eigenvalue weighted by molar-refractivity contribution is 5.63. The van der Waals surface area contributed by atoms with Gasteiger partial charge in [0.15, 0.2) is 0 Å². The van der Waals surface area contributed by atoms with Crippen molar-refractivity contribution < 1.29 is 13.2 Å². The summed E-state index contributed by atoms with van der Waals surface area (Å²) in [5, 5.41) is 9.01. The number of anilines is 1. The average molecular weight is 296 g/mol. The van der Waals surface area contributed by atoms with Gasteiger partial charge in [0.2, 0.25) is 0 Å². The van der Waals surface area contributed by atoms with Crippen molar-refractivity contribution in [1.29, 1.82) is 5.26 Å². The van der Waals surface area contributed by atoms with Crippen molar-refractivity contribution in [3.8, 4) is 6.07 Å². The Morgan fingerprint density at radius 1 is 1.19 bits per heavy atom. The zero-order chi connectivity index (χ0) is 16.1. The third-order valence-corrected chi connectivity index (χ3v) is 5.03. The molecule has 0 N–H and O–H groups in total. The zero-order valence-corrected chi connectivity index (χ0v) is 12.7. The topological polar surface area (TPSA) is 27.0 Å². The predicted octanol–water partition coefficient (Wildman–Crippen LogP) is 4.59. The molecule has 1 aromatic rings. The van der Waals surface area contributed by atoms with Crippen LogP contribution in [0.2, 0.25) is 0 Å². The maximum absolute atomic E-state index is 13.4. The molecule has 5 heteroatoms. The van der Waals surface area contributed by atoms with E-state index in [2.05, 4.69) is 13.8 Å². The fourth-order valence-corrected chi connectivity index (χ4v) is 2.92. The Hall–Kier alpha value is -1.70. The molecular formula is C16H19F3N2. The summed E-state index contributed by atoms with van der Waals surface area (Å²) in [5.41, 5.74) is -1.55. The number of nitrogens with zero attached hydrogens (tertiary/aromatic N) is 2. The van der Waals surface area contributed by atoms with Crippen LogP contribution in [-0.4, -0.2) is 12.1 Å². The second kappa shape index (κ2) is 4.66. The lowest BCUT2D eigenvalue weighted by molar-refractivity contribution is -0.137. The van der Waals surface area contributed by atoms with Gasteiger partial charge < -0.3 is 4.90 Å². The van der Waals surface area contributed by atoms with Crippen molar-refractivity contribution in [1.82, 2.24) is 0 Å². The minimum atomic E-state index is -4.54. The Bertz CT molecular complexity index is 595. The summed E-state index contributed by atoms with van der Waals surface area (Å²) in [6.07, 6.45) is -3.72. The molecule has 1 fully saturated rings. The third-order valence-electron chi connectivity index (χ3n) is 5.03. The van der Waals surface area contributed by atoms with E-state index in [0.717, 1.165) is 6.42 Å². The number of halogens is 3. The molecule has 0 saturated carbocycles. The Kier molecular flexibility index (Phi) is 3.48. The first-order valence-electron chi connectivity index (χ1n) is 6.90. The molecule has 0 radical (unpaired) electrons. The van der Waals surface area contributed by atoms with Crippen LogP contribution >= 0.6 is 0 Å². The van der Waals surface area contributed by atoms with Gasteiger partial charge in [-0.2, -0.15) is 18.4 Å². The Morgan fingerprint density at radius 2 is 1.81 bits per heavy atom. The molecule has 1 aliphatic rings. The summed E-state index contributed by atoms with van der Waals surface area (Å²) in [6, 6.07) is 5.87. The minimum absolute atomic E-state index is 0.0987. The molecule has 0 bridgehead atoms. The van der Waals surface area contributed by atoms with E-state index in [4.69, 9.17) is 5.26 Å². The molecule has 0 aliphatic carbocycles. The Morgan fingerprint density at radius 3 is 2.24 bits per heavy atom. The molecule has 0 spiro atoms. The fourth-order valence-electron chi connectivity index (χ4n) is 2.92. The molecule has 1 saturated heterocycles. The molecule has 2 nitrogen and oxygen atoms in total. The number of hydrogen-bond donors (Lipinski definition) is 0. The molecule has 0 amide bonds. The Labute approximate surface area is 123 Å². The quantitative estimate of drug-likeness (QED) is 0.757. The molecule has 1 aromatic carbocycles. The second-order valence-electron chi connectivity index (χ2n) is 6.65. The Balaban J connectivity index is 2.64. The number of hydrogen-bond acceptors (Lipinski definition) is 2. The second-order valence-corrected chi connectivity index (χ2v) is 6.65. The molecule has 1 aliphatic heterocycles. The molecule has 21 heavy (non-hydrogen) atoms.